The number of hydrogen-bond acceptors (Lipinski definition) is 3. The number of aromatic nitrogens is 1. The van der Waals surface area contributed by atoms with Gasteiger partial charge in [0.15, 0.2) is 0 Å². The molecule has 4 rings (SSSR count). The molecule has 2 fully saturated rings. The molecule has 1 saturated heterocycles. The van der Waals surface area contributed by atoms with Crippen molar-refractivity contribution in [2.75, 3.05) is 13.1 Å². The molecule has 132 valence electrons. The highest BCUT2D eigenvalue weighted by atomic mass is 19.1. The Hall–Kier alpha value is -1.94. The molecule has 1 aliphatic carbocycles. The van der Waals surface area contributed by atoms with E-state index in [1.54, 1.807) is 12.1 Å². The van der Waals surface area contributed by atoms with Crippen LogP contribution >= 0.6 is 0 Å². The number of piperidine rings is 1. The highest BCUT2D eigenvalue weighted by Gasteiger charge is 2.37. The minimum atomic E-state index is -0.0521. The molecule has 0 unspecified atom stereocenters. The first-order valence-corrected chi connectivity index (χ1v) is 9.28. The zero-order valence-corrected chi connectivity index (χ0v) is 14.7. The largest absolute Gasteiger partial charge is 0.474 e. The second-order valence-corrected chi connectivity index (χ2v) is 7.31. The van der Waals surface area contributed by atoms with E-state index in [0.29, 0.717) is 12.0 Å². The van der Waals surface area contributed by atoms with Crippen LogP contribution in [0.2, 0.25) is 0 Å². The van der Waals surface area contributed by atoms with Crippen LogP contribution in [0.15, 0.2) is 42.5 Å². The van der Waals surface area contributed by atoms with Crippen molar-refractivity contribution in [3.05, 3.63) is 59.5 Å². The number of rotatable bonds is 4. The maximum atomic E-state index is 13.9. The predicted octanol–water partition coefficient (Wildman–Crippen LogP) is 4.32. The van der Waals surface area contributed by atoms with E-state index in [0.717, 1.165) is 55.9 Å². The van der Waals surface area contributed by atoms with Gasteiger partial charge in [-0.2, -0.15) is 0 Å². The summed E-state index contributed by atoms with van der Waals surface area (Å²) in [5, 5.41) is 0. The van der Waals surface area contributed by atoms with Crippen molar-refractivity contribution >= 4 is 0 Å². The molecule has 4 heteroatoms. The van der Waals surface area contributed by atoms with E-state index < -0.39 is 0 Å². The van der Waals surface area contributed by atoms with Crippen molar-refractivity contribution in [3.63, 3.8) is 0 Å². The smallest absolute Gasteiger partial charge is 0.213 e. The summed E-state index contributed by atoms with van der Waals surface area (Å²) >= 11 is 0. The van der Waals surface area contributed by atoms with E-state index in [1.165, 1.54) is 0 Å². The van der Waals surface area contributed by atoms with Gasteiger partial charge in [-0.15, -0.1) is 0 Å². The second-order valence-electron chi connectivity index (χ2n) is 7.31. The lowest BCUT2D eigenvalue weighted by Crippen LogP contribution is -2.49. The van der Waals surface area contributed by atoms with Crippen molar-refractivity contribution in [1.82, 2.24) is 9.88 Å². The fourth-order valence-electron chi connectivity index (χ4n) is 4.06. The first-order chi connectivity index (χ1) is 12.2. The molecule has 1 aromatic carbocycles. The average Bonchev–Trinajstić information content (AvgIpc) is 2.57. The summed E-state index contributed by atoms with van der Waals surface area (Å²) in [6, 6.07) is 13.7. The average molecular weight is 340 g/mol. The molecular weight excluding hydrogens is 315 g/mol. The van der Waals surface area contributed by atoms with Gasteiger partial charge in [0.1, 0.15) is 11.9 Å². The lowest BCUT2D eigenvalue weighted by molar-refractivity contribution is 0.0389. The molecule has 0 radical (unpaired) electrons. The van der Waals surface area contributed by atoms with Crippen LogP contribution in [0.3, 0.4) is 0 Å². The van der Waals surface area contributed by atoms with Gasteiger partial charge < -0.3 is 9.64 Å². The van der Waals surface area contributed by atoms with Crippen molar-refractivity contribution in [1.29, 1.82) is 0 Å². The molecule has 2 aromatic rings. The van der Waals surface area contributed by atoms with Crippen LogP contribution < -0.4 is 4.74 Å². The minimum Gasteiger partial charge on any atom is -0.474 e. The van der Waals surface area contributed by atoms with Crippen LogP contribution in [0.5, 0.6) is 5.88 Å². The number of hydrogen-bond donors (Lipinski definition) is 0. The normalized spacial score (nSPS) is 24.7. The first kappa shape index (κ1) is 16.5. The van der Waals surface area contributed by atoms with Gasteiger partial charge in [-0.1, -0.05) is 24.3 Å². The molecule has 25 heavy (non-hydrogen) atoms. The summed E-state index contributed by atoms with van der Waals surface area (Å²) in [5.74, 6) is 1.07. The zero-order chi connectivity index (χ0) is 17.2. The van der Waals surface area contributed by atoms with Crippen LogP contribution in [0.4, 0.5) is 4.39 Å². The zero-order valence-electron chi connectivity index (χ0n) is 14.7. The lowest BCUT2D eigenvalue weighted by atomic mass is 9.74. The molecule has 0 atom stereocenters. The number of halogens is 1. The van der Waals surface area contributed by atoms with E-state index in [1.807, 2.05) is 37.3 Å². The van der Waals surface area contributed by atoms with E-state index in [4.69, 9.17) is 4.74 Å². The van der Waals surface area contributed by atoms with E-state index in [2.05, 4.69) is 9.88 Å². The molecular formula is C21H25FN2O. The van der Waals surface area contributed by atoms with Crippen LogP contribution in [-0.4, -0.2) is 35.1 Å². The molecule has 1 aliphatic heterocycles. The number of ether oxygens (including phenoxy) is 1. The third-order valence-electron chi connectivity index (χ3n) is 5.60. The molecule has 3 nitrogen and oxygen atoms in total. The highest BCUT2D eigenvalue weighted by molar-refractivity contribution is 5.25. The standard InChI is InChI=1S/C21H25FN2O/c1-15-5-4-8-21(23-15)25-18-9-11-24(12-10-18)17-13-16(14-17)19-6-2-3-7-20(19)22/h2-8,16-18H,9-14H2,1H3. The summed E-state index contributed by atoms with van der Waals surface area (Å²) in [7, 11) is 0. The number of likely N-dealkylation sites (tertiary alicyclic amines) is 1. The number of aryl methyl sites for hydroxylation is 1. The summed E-state index contributed by atoms with van der Waals surface area (Å²) in [6.07, 6.45) is 4.48. The fraction of sp³-hybridized carbons (Fsp3) is 0.476. The number of pyridine rings is 1. The van der Waals surface area contributed by atoms with Crippen molar-refractivity contribution in [2.45, 2.75) is 50.7 Å². The van der Waals surface area contributed by atoms with Gasteiger partial charge in [0, 0.05) is 30.9 Å². The molecule has 0 amide bonds. The SMILES string of the molecule is Cc1cccc(OC2CCN(C3CC(c4ccccc4F)C3)CC2)n1. The van der Waals surface area contributed by atoms with Gasteiger partial charge in [0.2, 0.25) is 5.88 Å². The van der Waals surface area contributed by atoms with Crippen LogP contribution in [0, 0.1) is 12.7 Å². The van der Waals surface area contributed by atoms with E-state index in [9.17, 15) is 4.39 Å². The summed E-state index contributed by atoms with van der Waals surface area (Å²) < 4.78 is 19.9. The first-order valence-electron chi connectivity index (χ1n) is 9.28. The monoisotopic (exact) mass is 340 g/mol. The van der Waals surface area contributed by atoms with Crippen LogP contribution in [0.1, 0.15) is 42.9 Å². The third-order valence-corrected chi connectivity index (χ3v) is 5.60. The van der Waals surface area contributed by atoms with Gasteiger partial charge in [0.05, 0.1) is 0 Å². The number of benzene rings is 1. The predicted molar refractivity (Wildman–Crippen MR) is 96.4 cm³/mol. The van der Waals surface area contributed by atoms with Crippen molar-refractivity contribution in [3.8, 4) is 5.88 Å². The summed E-state index contributed by atoms with van der Waals surface area (Å²) in [5.41, 5.74) is 1.88. The summed E-state index contributed by atoms with van der Waals surface area (Å²) in [6.45, 7) is 4.11. The maximum Gasteiger partial charge on any atom is 0.213 e. The Morgan fingerprint density at radius 1 is 1.04 bits per heavy atom. The van der Waals surface area contributed by atoms with E-state index >= 15 is 0 Å². The van der Waals surface area contributed by atoms with Gasteiger partial charge >= 0.3 is 0 Å². The molecule has 1 saturated carbocycles. The maximum absolute atomic E-state index is 13.9. The Morgan fingerprint density at radius 2 is 1.80 bits per heavy atom. The Kier molecular flexibility index (Phi) is 4.71. The number of nitrogens with zero attached hydrogens (tertiary/aromatic N) is 2. The fourth-order valence-corrected chi connectivity index (χ4v) is 4.06. The molecule has 1 aromatic heterocycles. The molecule has 2 aliphatic rings. The molecule has 0 spiro atoms. The third kappa shape index (κ3) is 3.69. The van der Waals surface area contributed by atoms with Gasteiger partial charge in [-0.3, -0.25) is 0 Å². The lowest BCUT2D eigenvalue weighted by Gasteiger charge is -2.45. The Bertz CT molecular complexity index is 721. The Balaban J connectivity index is 1.25. The molecule has 0 N–H and O–H groups in total. The van der Waals surface area contributed by atoms with Crippen molar-refractivity contribution in [2.24, 2.45) is 0 Å². The topological polar surface area (TPSA) is 25.4 Å². The minimum absolute atomic E-state index is 0.0521. The van der Waals surface area contributed by atoms with Gasteiger partial charge in [0.25, 0.3) is 0 Å². The second kappa shape index (κ2) is 7.12. The van der Waals surface area contributed by atoms with Crippen molar-refractivity contribution < 1.29 is 9.13 Å². The van der Waals surface area contributed by atoms with Crippen LogP contribution in [-0.2, 0) is 0 Å². The quantitative estimate of drug-likeness (QED) is 0.829. The van der Waals surface area contributed by atoms with Crippen LogP contribution in [0.25, 0.3) is 0 Å². The molecule has 2 heterocycles. The Morgan fingerprint density at radius 3 is 2.52 bits per heavy atom. The van der Waals surface area contributed by atoms with Gasteiger partial charge in [-0.25, -0.2) is 9.37 Å². The summed E-state index contributed by atoms with van der Waals surface area (Å²) in [4.78, 5) is 6.99. The molecule has 0 bridgehead atoms. The van der Waals surface area contributed by atoms with E-state index in [-0.39, 0.29) is 11.9 Å². The Labute approximate surface area is 148 Å². The highest BCUT2D eigenvalue weighted by Crippen LogP contribution is 2.41. The van der Waals surface area contributed by atoms with Gasteiger partial charge in [-0.05, 0) is 56.2 Å².